The van der Waals surface area contributed by atoms with Gasteiger partial charge in [0.2, 0.25) is 10.0 Å². The van der Waals surface area contributed by atoms with Crippen molar-refractivity contribution in [3.8, 4) is 5.75 Å². The quantitative estimate of drug-likeness (QED) is 0.508. The maximum Gasteiger partial charge on any atom is 0.279 e. The van der Waals surface area contributed by atoms with Gasteiger partial charge in [-0.05, 0) is 13.1 Å². The van der Waals surface area contributed by atoms with Gasteiger partial charge in [-0.15, -0.1) is 0 Å². The molecule has 2 rings (SSSR count). The van der Waals surface area contributed by atoms with Gasteiger partial charge in [0.15, 0.2) is 6.54 Å². The number of rotatable bonds is 5. The number of carbonyl (C=O) groups excluding carboxylic acids is 1. The third-order valence-corrected chi connectivity index (χ3v) is 5.13. The summed E-state index contributed by atoms with van der Waals surface area (Å²) >= 11 is 6.10. The number of nitrogens with zero attached hydrogens (tertiary/aromatic N) is 2. The first-order chi connectivity index (χ1) is 11.5. The largest absolute Gasteiger partial charge is 0.506 e. The minimum Gasteiger partial charge on any atom is -0.506 e. The van der Waals surface area contributed by atoms with Gasteiger partial charge in [-0.1, -0.05) is 11.6 Å². The van der Waals surface area contributed by atoms with Gasteiger partial charge < -0.3 is 14.9 Å². The van der Waals surface area contributed by atoms with Crippen molar-refractivity contribution >= 4 is 38.9 Å². The molecule has 10 heteroatoms. The minimum absolute atomic E-state index is 0.0384. The van der Waals surface area contributed by atoms with E-state index in [0.29, 0.717) is 11.0 Å². The van der Waals surface area contributed by atoms with Crippen molar-refractivity contribution in [3.63, 3.8) is 0 Å². The van der Waals surface area contributed by atoms with Crippen molar-refractivity contribution < 1.29 is 22.8 Å². The molecule has 1 aromatic rings. The van der Waals surface area contributed by atoms with Gasteiger partial charge >= 0.3 is 0 Å². The molecule has 140 valence electrons. The highest BCUT2D eigenvalue weighted by molar-refractivity contribution is 7.92. The summed E-state index contributed by atoms with van der Waals surface area (Å²) in [5.74, 6) is -0.526. The van der Waals surface area contributed by atoms with Crippen molar-refractivity contribution in [3.05, 3.63) is 17.2 Å². The molecule has 3 N–H and O–H groups in total. The van der Waals surface area contributed by atoms with Crippen molar-refractivity contribution in [2.24, 2.45) is 0 Å². The SMILES string of the molecule is CN1CC[N+](C)(CC(=O)Nc2cc(O)c(NS(C)(=O)=O)cc2Cl)CC1. The Bertz CT molecular complexity index is 761. The Morgan fingerprint density at radius 3 is 2.48 bits per heavy atom. The van der Waals surface area contributed by atoms with E-state index in [0.717, 1.165) is 32.4 Å². The predicted octanol–water partition coefficient (Wildman–Crippen LogP) is 0.748. The Morgan fingerprint density at radius 2 is 1.92 bits per heavy atom. The van der Waals surface area contributed by atoms with E-state index >= 15 is 0 Å². The van der Waals surface area contributed by atoms with Crippen LogP contribution in [0.2, 0.25) is 5.02 Å². The molecule has 25 heavy (non-hydrogen) atoms. The maximum atomic E-state index is 12.4. The molecule has 1 heterocycles. The lowest BCUT2D eigenvalue weighted by atomic mass is 10.2. The van der Waals surface area contributed by atoms with E-state index in [1.165, 1.54) is 12.1 Å². The van der Waals surface area contributed by atoms with Crippen LogP contribution in [0.15, 0.2) is 12.1 Å². The standard InChI is InChI=1S/C15H23ClN4O4S/c1-19-4-6-20(2,7-5-19)10-15(22)17-12-9-14(21)13(8-11(12)16)18-25(3,23)24/h8-9,18H,4-7,10H2,1-3H3,(H-,17,21,22)/p+1. The average molecular weight is 392 g/mol. The first-order valence-corrected chi connectivity index (χ1v) is 10.1. The number of phenols is 1. The van der Waals surface area contributed by atoms with Crippen LogP contribution < -0.4 is 10.0 Å². The van der Waals surface area contributed by atoms with E-state index < -0.39 is 10.0 Å². The number of nitrogens with one attached hydrogen (secondary N) is 2. The molecule has 1 aliphatic rings. The number of anilines is 2. The summed E-state index contributed by atoms with van der Waals surface area (Å²) in [4.78, 5) is 14.6. The van der Waals surface area contributed by atoms with Crippen LogP contribution in [-0.4, -0.2) is 81.9 Å². The van der Waals surface area contributed by atoms with Crippen LogP contribution in [0.5, 0.6) is 5.75 Å². The van der Waals surface area contributed by atoms with Crippen molar-refractivity contribution in [1.82, 2.24) is 4.90 Å². The van der Waals surface area contributed by atoms with Gasteiger partial charge in [-0.3, -0.25) is 14.4 Å². The Balaban J connectivity index is 2.07. The fourth-order valence-corrected chi connectivity index (χ4v) is 3.46. The summed E-state index contributed by atoms with van der Waals surface area (Å²) < 4.78 is 25.3. The number of carbonyl (C=O) groups is 1. The highest BCUT2D eigenvalue weighted by Gasteiger charge is 2.30. The molecular formula is C15H24ClN4O4S+. The van der Waals surface area contributed by atoms with Crippen LogP contribution in [-0.2, 0) is 14.8 Å². The number of aromatic hydroxyl groups is 1. The smallest absolute Gasteiger partial charge is 0.279 e. The molecule has 0 radical (unpaired) electrons. The zero-order valence-electron chi connectivity index (χ0n) is 14.5. The first-order valence-electron chi connectivity index (χ1n) is 7.80. The lowest BCUT2D eigenvalue weighted by molar-refractivity contribution is -0.905. The third-order valence-electron chi connectivity index (χ3n) is 4.22. The Kier molecular flexibility index (Phi) is 5.82. The zero-order valence-corrected chi connectivity index (χ0v) is 16.1. The Labute approximate surface area is 153 Å². The number of amides is 1. The van der Waals surface area contributed by atoms with Gasteiger partial charge in [0.25, 0.3) is 5.91 Å². The summed E-state index contributed by atoms with van der Waals surface area (Å²) in [6.45, 7) is 3.91. The molecule has 1 fully saturated rings. The van der Waals surface area contributed by atoms with E-state index in [9.17, 15) is 18.3 Å². The molecular weight excluding hydrogens is 368 g/mol. The van der Waals surface area contributed by atoms with E-state index in [-0.39, 0.29) is 28.1 Å². The summed E-state index contributed by atoms with van der Waals surface area (Å²) in [7, 11) is 0.540. The van der Waals surface area contributed by atoms with Gasteiger partial charge in [-0.2, -0.15) is 0 Å². The number of benzene rings is 1. The number of hydrogen-bond acceptors (Lipinski definition) is 5. The predicted molar refractivity (Wildman–Crippen MR) is 98.5 cm³/mol. The number of hydrogen-bond donors (Lipinski definition) is 3. The molecule has 1 aromatic carbocycles. The van der Waals surface area contributed by atoms with Gasteiger partial charge in [0.1, 0.15) is 5.75 Å². The van der Waals surface area contributed by atoms with Crippen LogP contribution in [0.3, 0.4) is 0 Å². The molecule has 1 saturated heterocycles. The molecule has 0 unspecified atom stereocenters. The number of piperazine rings is 1. The molecule has 1 amide bonds. The fourth-order valence-electron chi connectivity index (χ4n) is 2.68. The lowest BCUT2D eigenvalue weighted by Gasteiger charge is -2.40. The van der Waals surface area contributed by atoms with Crippen LogP contribution in [0.1, 0.15) is 0 Å². The number of sulfonamides is 1. The normalized spacial score (nSPS) is 17.9. The average Bonchev–Trinajstić information content (AvgIpc) is 2.46. The highest BCUT2D eigenvalue weighted by atomic mass is 35.5. The minimum atomic E-state index is -3.55. The van der Waals surface area contributed by atoms with Gasteiger partial charge in [-0.25, -0.2) is 8.42 Å². The first kappa shape index (κ1) is 19.8. The highest BCUT2D eigenvalue weighted by Crippen LogP contribution is 2.34. The van der Waals surface area contributed by atoms with E-state index in [1.54, 1.807) is 0 Å². The topological polar surface area (TPSA) is 98.7 Å². The second kappa shape index (κ2) is 7.36. The van der Waals surface area contributed by atoms with Crippen molar-refractivity contribution in [2.45, 2.75) is 0 Å². The monoisotopic (exact) mass is 391 g/mol. The van der Waals surface area contributed by atoms with Crippen LogP contribution >= 0.6 is 11.6 Å². The summed E-state index contributed by atoms with van der Waals surface area (Å²) in [6, 6.07) is 2.50. The summed E-state index contributed by atoms with van der Waals surface area (Å²) in [5, 5.41) is 12.8. The van der Waals surface area contributed by atoms with Crippen molar-refractivity contribution in [1.29, 1.82) is 0 Å². The molecule has 0 spiro atoms. The Hall–Kier alpha value is -1.55. The van der Waals surface area contributed by atoms with E-state index in [1.807, 2.05) is 7.05 Å². The molecule has 0 saturated carbocycles. The maximum absolute atomic E-state index is 12.4. The van der Waals surface area contributed by atoms with E-state index in [2.05, 4.69) is 22.0 Å². The number of likely N-dealkylation sites (N-methyl/N-ethyl adjacent to an activating group) is 2. The second-order valence-corrected chi connectivity index (χ2v) is 8.96. The third kappa shape index (κ3) is 5.74. The Morgan fingerprint density at radius 1 is 1.32 bits per heavy atom. The van der Waals surface area contributed by atoms with Crippen molar-refractivity contribution in [2.75, 3.05) is 63.1 Å². The van der Waals surface area contributed by atoms with Crippen LogP contribution in [0.25, 0.3) is 0 Å². The van der Waals surface area contributed by atoms with Crippen LogP contribution in [0.4, 0.5) is 11.4 Å². The molecule has 0 aliphatic carbocycles. The zero-order chi connectivity index (χ0) is 18.8. The molecule has 0 atom stereocenters. The van der Waals surface area contributed by atoms with Crippen LogP contribution in [0, 0.1) is 0 Å². The molecule has 0 aromatic heterocycles. The molecule has 8 nitrogen and oxygen atoms in total. The summed E-state index contributed by atoms with van der Waals surface area (Å²) in [5.41, 5.74) is 0.201. The lowest BCUT2D eigenvalue weighted by Crippen LogP contribution is -2.58. The van der Waals surface area contributed by atoms with E-state index in [4.69, 9.17) is 11.6 Å². The fraction of sp³-hybridized carbons (Fsp3) is 0.533. The molecule has 1 aliphatic heterocycles. The summed E-state index contributed by atoms with van der Waals surface area (Å²) in [6.07, 6.45) is 0.968. The van der Waals surface area contributed by atoms with Gasteiger partial charge in [0.05, 0.1) is 42.8 Å². The van der Waals surface area contributed by atoms with Gasteiger partial charge in [0, 0.05) is 19.2 Å². The number of halogens is 1. The second-order valence-electron chi connectivity index (χ2n) is 6.80. The molecule has 0 bridgehead atoms. The number of phenolic OH excluding ortho intramolecular Hbond substituents is 1. The number of quaternary nitrogens is 1.